The van der Waals surface area contributed by atoms with Gasteiger partial charge < -0.3 is 4.41 Å². The molecule has 4 nitrogen and oxygen atoms in total. The maximum Gasteiger partial charge on any atom is 0.456 e. The van der Waals surface area contributed by atoms with Crippen LogP contribution in [-0.4, -0.2) is 43.3 Å². The van der Waals surface area contributed by atoms with Crippen LogP contribution >= 0.6 is 7.05 Å². The van der Waals surface area contributed by atoms with Crippen molar-refractivity contribution >= 4 is 31.9 Å². The maximum atomic E-state index is 12.6. The van der Waals surface area contributed by atoms with Gasteiger partial charge in [-0.3, -0.25) is 14.4 Å². The van der Waals surface area contributed by atoms with Gasteiger partial charge in [-0.25, -0.2) is 0 Å². The summed E-state index contributed by atoms with van der Waals surface area (Å²) >= 11 is 0. The normalized spacial score (nSPS) is 14.3. The van der Waals surface area contributed by atoms with E-state index >= 15 is 0 Å². The number of carbonyl (C=O) groups is 3. The lowest BCUT2D eigenvalue weighted by atomic mass is 10.7. The molecule has 0 fully saturated rings. The Labute approximate surface area is 129 Å². The van der Waals surface area contributed by atoms with Gasteiger partial charge in [0.15, 0.2) is 15.3 Å². The minimum absolute atomic E-state index is 0.874. The van der Waals surface area contributed by atoms with Gasteiger partial charge in [-0.15, -0.1) is 0 Å². The van der Waals surface area contributed by atoms with E-state index in [9.17, 15) is 53.9 Å². The first-order chi connectivity index (χ1) is 10.2. The number of alkyl halides is 9. The lowest BCUT2D eigenvalue weighted by Gasteiger charge is -2.26. The van der Waals surface area contributed by atoms with Gasteiger partial charge in [0.25, 0.3) is 16.6 Å². The second-order valence-corrected chi connectivity index (χ2v) is 12.9. The average molecular weight is 409 g/mol. The first-order valence-electron chi connectivity index (χ1n) is 5.66. The lowest BCUT2D eigenvalue weighted by Crippen LogP contribution is -2.40. The van der Waals surface area contributed by atoms with E-state index < -0.39 is 50.4 Å². The molecule has 0 spiro atoms. The highest BCUT2D eigenvalue weighted by Gasteiger charge is 2.67. The fraction of sp³-hybridized carbons (Fsp3) is 0.667. The van der Waals surface area contributed by atoms with Crippen LogP contribution in [-0.2, 0) is 14.4 Å². The van der Waals surface area contributed by atoms with Crippen LogP contribution in [0.15, 0.2) is 4.41 Å². The molecular weight excluding hydrogens is 400 g/mol. The van der Waals surface area contributed by atoms with Crippen molar-refractivity contribution in [2.24, 2.45) is 4.41 Å². The molecule has 0 aliphatic rings. The van der Waals surface area contributed by atoms with Crippen molar-refractivity contribution in [1.82, 2.24) is 0 Å². The molecule has 0 aromatic rings. The number of hydrogen-bond donors (Lipinski definition) is 0. The zero-order valence-corrected chi connectivity index (χ0v) is 13.9. The van der Waals surface area contributed by atoms with Crippen molar-refractivity contribution in [3.63, 3.8) is 0 Å². The molecule has 0 saturated heterocycles. The number of nitrogens with zero attached hydrogens (tertiary/aromatic N) is 1. The number of halogens is 9. The topological polar surface area (TPSA) is 63.6 Å². The molecule has 0 N–H and O–H groups in total. The molecule has 0 aromatic heterocycles. The van der Waals surface area contributed by atoms with Gasteiger partial charge in [-0.1, -0.05) is 19.6 Å². The summed E-state index contributed by atoms with van der Waals surface area (Å²) in [5.41, 5.74) is -11.2. The fourth-order valence-corrected chi connectivity index (χ4v) is 7.76. The summed E-state index contributed by atoms with van der Waals surface area (Å²) in [6, 6.07) is 0. The van der Waals surface area contributed by atoms with Gasteiger partial charge in [0.2, 0.25) is 0 Å². The predicted molar refractivity (Wildman–Crippen MR) is 65.9 cm³/mol. The molecule has 0 amide bonds. The Balaban J connectivity index is 7.22. The Bertz CT molecular complexity index is 540. The SMILES string of the molecule is C[Si](C)(C)N=P(C(=O)C(F)(F)F)(C(=O)C(F)(F)F)C(=O)C(F)(F)F. The molecule has 0 radical (unpaired) electrons. The second-order valence-electron chi connectivity index (χ2n) is 5.31. The molecular formula is C9H9F9NO3PSi. The average Bonchev–Trinajstić information content (AvgIpc) is 2.28. The molecule has 0 atom stereocenters. The van der Waals surface area contributed by atoms with Gasteiger partial charge >= 0.3 is 18.5 Å². The third kappa shape index (κ3) is 4.91. The van der Waals surface area contributed by atoms with Crippen LogP contribution in [0.2, 0.25) is 19.6 Å². The minimum atomic E-state index is -6.86. The molecule has 24 heavy (non-hydrogen) atoms. The summed E-state index contributed by atoms with van der Waals surface area (Å²) in [4.78, 5) is 34.1. The van der Waals surface area contributed by atoms with E-state index in [0.717, 1.165) is 19.6 Å². The zero-order valence-electron chi connectivity index (χ0n) is 12.0. The van der Waals surface area contributed by atoms with Crippen LogP contribution in [0.25, 0.3) is 0 Å². The zero-order chi connectivity index (χ0) is 19.9. The summed E-state index contributed by atoms with van der Waals surface area (Å²) < 4.78 is 116. The first-order valence-corrected chi connectivity index (χ1v) is 10.8. The maximum absolute atomic E-state index is 12.6. The minimum Gasteiger partial charge on any atom is -0.317 e. The van der Waals surface area contributed by atoms with E-state index in [0.29, 0.717) is 0 Å². The molecule has 0 heterocycles. The summed E-state index contributed by atoms with van der Waals surface area (Å²) in [6.45, 7) is 2.62. The lowest BCUT2D eigenvalue weighted by molar-refractivity contribution is -0.170. The monoisotopic (exact) mass is 409 g/mol. The van der Waals surface area contributed by atoms with E-state index in [2.05, 4.69) is 4.41 Å². The fourth-order valence-electron chi connectivity index (χ4n) is 1.41. The molecule has 0 saturated carbocycles. The van der Waals surface area contributed by atoms with Gasteiger partial charge in [0.05, 0.1) is 0 Å². The van der Waals surface area contributed by atoms with Crippen molar-refractivity contribution in [1.29, 1.82) is 0 Å². The highest BCUT2D eigenvalue weighted by molar-refractivity contribution is 8.09. The Morgan fingerprint density at radius 1 is 0.667 bits per heavy atom. The first kappa shape index (κ1) is 22.8. The molecule has 0 aromatic carbocycles. The number of carbonyl (C=O) groups excluding carboxylic acids is 3. The van der Waals surface area contributed by atoms with E-state index in [-0.39, 0.29) is 0 Å². The third-order valence-corrected chi connectivity index (χ3v) is 8.18. The van der Waals surface area contributed by atoms with Crippen LogP contribution in [0.1, 0.15) is 0 Å². The third-order valence-electron chi connectivity index (χ3n) is 2.06. The van der Waals surface area contributed by atoms with E-state index in [1.165, 1.54) is 0 Å². The van der Waals surface area contributed by atoms with Gasteiger partial charge in [-0.05, 0) is 0 Å². The van der Waals surface area contributed by atoms with Crippen molar-refractivity contribution in [3.8, 4) is 0 Å². The van der Waals surface area contributed by atoms with Crippen LogP contribution in [0, 0.1) is 0 Å². The highest BCUT2D eigenvalue weighted by atomic mass is 31.2. The van der Waals surface area contributed by atoms with Gasteiger partial charge in [0.1, 0.15) is 0 Å². The summed E-state index contributed by atoms with van der Waals surface area (Å²) in [6.07, 6.45) is -18.9. The van der Waals surface area contributed by atoms with Crippen molar-refractivity contribution in [2.75, 3.05) is 0 Å². The molecule has 0 rings (SSSR count). The van der Waals surface area contributed by atoms with E-state index in [1.54, 1.807) is 0 Å². The number of hydrogen-bond acceptors (Lipinski definition) is 4. The van der Waals surface area contributed by atoms with Crippen LogP contribution in [0.5, 0.6) is 0 Å². The quantitative estimate of drug-likeness (QED) is 0.396. The van der Waals surface area contributed by atoms with Gasteiger partial charge in [0, 0.05) is 0 Å². The molecule has 15 heteroatoms. The Morgan fingerprint density at radius 2 is 0.875 bits per heavy atom. The Kier molecular flexibility index (Phi) is 5.97. The van der Waals surface area contributed by atoms with Crippen molar-refractivity contribution in [3.05, 3.63) is 0 Å². The number of rotatable bonds is 4. The van der Waals surface area contributed by atoms with E-state index in [4.69, 9.17) is 0 Å². The largest absolute Gasteiger partial charge is 0.456 e. The summed E-state index contributed by atoms with van der Waals surface area (Å²) in [7, 11) is -10.6. The Hall–Kier alpha value is -1.17. The van der Waals surface area contributed by atoms with Crippen molar-refractivity contribution < 1.29 is 53.9 Å². The second kappa shape index (κ2) is 6.28. The smallest absolute Gasteiger partial charge is 0.317 e. The Morgan fingerprint density at radius 3 is 1.00 bits per heavy atom. The molecule has 0 aliphatic heterocycles. The molecule has 140 valence electrons. The van der Waals surface area contributed by atoms with E-state index in [1.807, 2.05) is 0 Å². The molecule has 0 bridgehead atoms. The summed E-state index contributed by atoms with van der Waals surface area (Å²) in [5, 5.41) is 0. The van der Waals surface area contributed by atoms with Crippen molar-refractivity contribution in [2.45, 2.75) is 38.2 Å². The summed E-state index contributed by atoms with van der Waals surface area (Å²) in [5.74, 6) is 0. The predicted octanol–water partition coefficient (Wildman–Crippen LogP) is 4.29. The van der Waals surface area contributed by atoms with Crippen LogP contribution in [0.4, 0.5) is 39.5 Å². The molecule has 0 aliphatic carbocycles. The van der Waals surface area contributed by atoms with Gasteiger partial charge in [-0.2, -0.15) is 39.5 Å². The highest BCUT2D eigenvalue weighted by Crippen LogP contribution is 2.63. The standard InChI is InChI=1S/C9H9F9NO3PSi/c1-24(2,3)19-23(4(20)7(10,11)12,5(21)8(13,14)15)6(22)9(16,17)18/h1-3H3. The van der Waals surface area contributed by atoms with Crippen LogP contribution < -0.4 is 0 Å². The molecule has 0 unspecified atom stereocenters. The van der Waals surface area contributed by atoms with Crippen LogP contribution in [0.3, 0.4) is 0 Å².